The second kappa shape index (κ2) is 8.38. The van der Waals surface area contributed by atoms with Crippen LogP contribution in [0.25, 0.3) is 0 Å². The number of rotatable bonds is 6. The maximum atomic E-state index is 12.5. The highest BCUT2D eigenvalue weighted by Crippen LogP contribution is 2.31. The third-order valence-corrected chi connectivity index (χ3v) is 4.57. The fourth-order valence-electron chi connectivity index (χ4n) is 3.13. The van der Waals surface area contributed by atoms with Crippen molar-refractivity contribution in [1.29, 1.82) is 0 Å². The Kier molecular flexibility index (Phi) is 5.72. The Morgan fingerprint density at radius 3 is 2.72 bits per heavy atom. The van der Waals surface area contributed by atoms with E-state index in [9.17, 15) is 24.8 Å². The maximum Gasteiger partial charge on any atom is 0.273 e. The first-order valence-corrected chi connectivity index (χ1v) is 8.61. The highest BCUT2D eigenvalue weighted by atomic mass is 16.6. The third-order valence-electron chi connectivity index (χ3n) is 4.57. The Labute approximate surface area is 165 Å². The average Bonchev–Trinajstić information content (AvgIpc) is 3.11. The minimum Gasteiger partial charge on any atom is -0.870 e. The molecule has 1 saturated heterocycles. The molecule has 1 fully saturated rings. The fraction of sp³-hybridized carbons (Fsp3) is 0.211. The predicted molar refractivity (Wildman–Crippen MR) is 101 cm³/mol. The summed E-state index contributed by atoms with van der Waals surface area (Å²) >= 11 is 0. The Bertz CT molecular complexity index is 976. The van der Waals surface area contributed by atoms with Crippen LogP contribution in [0.4, 0.5) is 5.69 Å². The molecule has 1 aliphatic rings. The second-order valence-corrected chi connectivity index (χ2v) is 6.30. The van der Waals surface area contributed by atoms with Crippen molar-refractivity contribution in [2.24, 2.45) is 11.0 Å². The largest absolute Gasteiger partial charge is 0.870 e. The summed E-state index contributed by atoms with van der Waals surface area (Å²) in [4.78, 5) is 35.0. The van der Waals surface area contributed by atoms with Crippen LogP contribution in [-0.2, 0) is 9.59 Å². The molecule has 0 radical (unpaired) electrons. The van der Waals surface area contributed by atoms with E-state index in [1.165, 1.54) is 7.11 Å². The number of hydrogen-bond acceptors (Lipinski definition) is 7. The summed E-state index contributed by atoms with van der Waals surface area (Å²) in [5.74, 6) is -3.24. The number of non-ortho nitro benzene ring substituents is 1. The standard InChI is InChI=1S/C19H18N4O6/c1-29-15-8-13(23(27)28)7-12(17(15)24)9-21-22-19(26)16-14(10-20-18(16)25)11-5-3-2-4-6-11/h2-9,14,16,24H,10H2,1H3,(H,20,25)(H,22,26)/p-1/b21-9+/t14-,16+/m0/s1. The molecule has 0 unspecified atom stereocenters. The molecule has 0 spiro atoms. The van der Waals surface area contributed by atoms with Crippen LogP contribution >= 0.6 is 0 Å². The van der Waals surface area contributed by atoms with Gasteiger partial charge in [-0.15, -0.1) is 0 Å². The molecule has 3 rings (SSSR count). The van der Waals surface area contributed by atoms with Crippen molar-refractivity contribution in [2.75, 3.05) is 13.7 Å². The molecular weight excluding hydrogens is 380 g/mol. The summed E-state index contributed by atoms with van der Waals surface area (Å²) in [6, 6.07) is 11.1. The summed E-state index contributed by atoms with van der Waals surface area (Å²) < 4.78 is 4.84. The molecule has 2 amide bonds. The molecular formula is C19H17N4O6-. The first-order valence-electron chi connectivity index (χ1n) is 8.61. The lowest BCUT2D eigenvalue weighted by Crippen LogP contribution is -2.34. The first-order chi connectivity index (χ1) is 13.9. The second-order valence-electron chi connectivity index (χ2n) is 6.30. The van der Waals surface area contributed by atoms with Gasteiger partial charge in [0.2, 0.25) is 5.91 Å². The van der Waals surface area contributed by atoms with Crippen LogP contribution in [-0.4, -0.2) is 36.6 Å². The molecule has 0 bridgehead atoms. The SMILES string of the molecule is COc1cc([N+](=O)[O-])cc(/C=N/NC(=O)[C@H]2C(=O)NC[C@H]2c2ccccc2)c1[O-]. The van der Waals surface area contributed by atoms with Crippen LogP contribution in [0, 0.1) is 16.0 Å². The van der Waals surface area contributed by atoms with E-state index >= 15 is 0 Å². The van der Waals surface area contributed by atoms with Gasteiger partial charge in [0.05, 0.1) is 24.3 Å². The first kappa shape index (κ1) is 19.8. The van der Waals surface area contributed by atoms with Gasteiger partial charge in [-0.05, 0) is 11.1 Å². The smallest absolute Gasteiger partial charge is 0.273 e. The number of nitrogens with zero attached hydrogens (tertiary/aromatic N) is 2. The van der Waals surface area contributed by atoms with Crippen molar-refractivity contribution < 1.29 is 24.4 Å². The van der Waals surface area contributed by atoms with E-state index in [0.29, 0.717) is 6.54 Å². The number of nitro groups is 1. The summed E-state index contributed by atoms with van der Waals surface area (Å²) in [6.07, 6.45) is 0.986. The Hall–Kier alpha value is -3.95. The lowest BCUT2D eigenvalue weighted by molar-refractivity contribution is -0.385. The van der Waals surface area contributed by atoms with Crippen molar-refractivity contribution >= 4 is 23.7 Å². The molecule has 10 heteroatoms. The number of hydrogen-bond donors (Lipinski definition) is 2. The van der Waals surface area contributed by atoms with Gasteiger partial charge in [0.15, 0.2) is 0 Å². The minimum absolute atomic E-state index is 0.133. The van der Waals surface area contributed by atoms with Crippen molar-refractivity contribution in [3.8, 4) is 11.5 Å². The molecule has 0 aromatic heterocycles. The number of hydrazone groups is 1. The fourth-order valence-corrected chi connectivity index (χ4v) is 3.13. The third kappa shape index (κ3) is 4.15. The number of benzene rings is 2. The maximum absolute atomic E-state index is 12.5. The highest BCUT2D eigenvalue weighted by Gasteiger charge is 2.40. The summed E-state index contributed by atoms with van der Waals surface area (Å²) in [5.41, 5.74) is 2.58. The van der Waals surface area contributed by atoms with Gasteiger partial charge in [0.25, 0.3) is 11.6 Å². The van der Waals surface area contributed by atoms with Crippen molar-refractivity contribution in [3.63, 3.8) is 0 Å². The van der Waals surface area contributed by atoms with E-state index in [4.69, 9.17) is 4.74 Å². The van der Waals surface area contributed by atoms with E-state index in [2.05, 4.69) is 15.8 Å². The molecule has 150 valence electrons. The molecule has 2 aromatic rings. The van der Waals surface area contributed by atoms with E-state index in [1.807, 2.05) is 30.3 Å². The topological polar surface area (TPSA) is 146 Å². The van der Waals surface area contributed by atoms with Crippen LogP contribution < -0.4 is 20.6 Å². The van der Waals surface area contributed by atoms with Crippen LogP contribution in [0.3, 0.4) is 0 Å². The minimum atomic E-state index is -0.985. The van der Waals surface area contributed by atoms with Gasteiger partial charge in [-0.3, -0.25) is 19.7 Å². The van der Waals surface area contributed by atoms with Crippen LogP contribution in [0.5, 0.6) is 11.5 Å². The molecule has 1 heterocycles. The number of methoxy groups -OCH3 is 1. The van der Waals surface area contributed by atoms with Gasteiger partial charge < -0.3 is 15.2 Å². The number of carbonyl (C=O) groups is 2. The number of amides is 2. The van der Waals surface area contributed by atoms with Crippen molar-refractivity contribution in [1.82, 2.24) is 10.7 Å². The molecule has 10 nitrogen and oxygen atoms in total. The van der Waals surface area contributed by atoms with E-state index in [0.717, 1.165) is 23.9 Å². The number of nitrogens with one attached hydrogen (secondary N) is 2. The summed E-state index contributed by atoms with van der Waals surface area (Å²) in [5, 5.41) is 29.5. The number of ether oxygens (including phenoxy) is 1. The van der Waals surface area contributed by atoms with E-state index in [1.54, 1.807) is 0 Å². The Balaban J connectivity index is 1.78. The van der Waals surface area contributed by atoms with E-state index < -0.39 is 28.4 Å². The van der Waals surface area contributed by atoms with Gasteiger partial charge in [-0.1, -0.05) is 36.1 Å². The molecule has 1 aliphatic heterocycles. The van der Waals surface area contributed by atoms with Crippen LogP contribution in [0.15, 0.2) is 47.6 Å². The zero-order valence-electron chi connectivity index (χ0n) is 15.3. The zero-order chi connectivity index (χ0) is 21.0. The zero-order valence-corrected chi connectivity index (χ0v) is 15.3. The quantitative estimate of drug-likeness (QED) is 0.317. The van der Waals surface area contributed by atoms with Crippen LogP contribution in [0.1, 0.15) is 17.0 Å². The van der Waals surface area contributed by atoms with Crippen LogP contribution in [0.2, 0.25) is 0 Å². The number of nitro benzene ring substituents is 1. The van der Waals surface area contributed by atoms with Crippen molar-refractivity contribution in [3.05, 3.63) is 63.7 Å². The molecule has 2 atom stereocenters. The average molecular weight is 397 g/mol. The Morgan fingerprint density at radius 2 is 2.07 bits per heavy atom. The normalized spacial score (nSPS) is 18.4. The molecule has 0 saturated carbocycles. The lowest BCUT2D eigenvalue weighted by atomic mass is 9.88. The lowest BCUT2D eigenvalue weighted by Gasteiger charge is -2.16. The predicted octanol–water partition coefficient (Wildman–Crippen LogP) is 0.657. The van der Waals surface area contributed by atoms with Crippen molar-refractivity contribution in [2.45, 2.75) is 5.92 Å². The summed E-state index contributed by atoms with van der Waals surface area (Å²) in [6.45, 7) is 0.317. The van der Waals surface area contributed by atoms with Gasteiger partial charge in [-0.25, -0.2) is 5.43 Å². The Morgan fingerprint density at radius 1 is 1.34 bits per heavy atom. The highest BCUT2D eigenvalue weighted by molar-refractivity contribution is 6.03. The van der Waals surface area contributed by atoms with Gasteiger partial charge in [0.1, 0.15) is 11.7 Å². The van der Waals surface area contributed by atoms with E-state index in [-0.39, 0.29) is 22.9 Å². The molecule has 29 heavy (non-hydrogen) atoms. The van der Waals surface area contributed by atoms with Gasteiger partial charge >= 0.3 is 0 Å². The molecule has 2 aromatic carbocycles. The molecule has 2 N–H and O–H groups in total. The molecule has 0 aliphatic carbocycles. The van der Waals surface area contributed by atoms with Gasteiger partial charge in [-0.2, -0.15) is 5.10 Å². The number of carbonyl (C=O) groups excluding carboxylic acids is 2. The van der Waals surface area contributed by atoms with Gasteiger partial charge in [0, 0.05) is 18.5 Å². The monoisotopic (exact) mass is 397 g/mol. The summed E-state index contributed by atoms with van der Waals surface area (Å²) in [7, 11) is 1.21.